The van der Waals surface area contributed by atoms with Gasteiger partial charge in [0.2, 0.25) is 0 Å². The number of carbonyl (C=O) groups excluding carboxylic acids is 1. The Hall–Kier alpha value is -3.12. The highest BCUT2D eigenvalue weighted by molar-refractivity contribution is 5.88. The van der Waals surface area contributed by atoms with Crippen LogP contribution in [0.3, 0.4) is 0 Å². The first-order valence-corrected chi connectivity index (χ1v) is 12.3. The molecule has 3 heterocycles. The van der Waals surface area contributed by atoms with Gasteiger partial charge in [0.1, 0.15) is 11.4 Å². The third-order valence-electron chi connectivity index (χ3n) is 7.11. The molecular weight excluding hydrogens is 426 g/mol. The van der Waals surface area contributed by atoms with Crippen LogP contribution in [0.25, 0.3) is 22.0 Å². The summed E-state index contributed by atoms with van der Waals surface area (Å²) in [4.78, 5) is 24.1. The molecule has 0 saturated carbocycles. The molecule has 2 aliphatic heterocycles. The van der Waals surface area contributed by atoms with Crippen molar-refractivity contribution in [2.75, 3.05) is 19.7 Å². The summed E-state index contributed by atoms with van der Waals surface area (Å²) in [6.45, 7) is 8.12. The molecule has 6 heteroatoms. The molecule has 34 heavy (non-hydrogen) atoms. The van der Waals surface area contributed by atoms with Gasteiger partial charge in [-0.25, -0.2) is 10.3 Å². The molecule has 0 radical (unpaired) electrons. The van der Waals surface area contributed by atoms with Crippen LogP contribution >= 0.6 is 0 Å². The minimum absolute atomic E-state index is 0.156. The quantitative estimate of drug-likeness (QED) is 0.511. The number of hydrogen-bond acceptors (Lipinski definition) is 4. The van der Waals surface area contributed by atoms with Gasteiger partial charge in [-0.1, -0.05) is 38.1 Å². The van der Waals surface area contributed by atoms with Crippen molar-refractivity contribution in [2.24, 2.45) is 5.92 Å². The van der Waals surface area contributed by atoms with Gasteiger partial charge >= 0.3 is 6.03 Å². The summed E-state index contributed by atoms with van der Waals surface area (Å²) in [5.41, 5.74) is 8.32. The highest BCUT2D eigenvalue weighted by Gasteiger charge is 2.40. The number of urea groups is 1. The molecular formula is C28H33N3O3. The molecule has 1 N–H and O–H groups in total. The van der Waals surface area contributed by atoms with Crippen LogP contribution in [0.4, 0.5) is 4.79 Å². The lowest BCUT2D eigenvalue weighted by Gasteiger charge is -2.44. The number of benzene rings is 2. The van der Waals surface area contributed by atoms with Gasteiger partial charge in [-0.05, 0) is 66.1 Å². The molecule has 1 saturated heterocycles. The zero-order chi connectivity index (χ0) is 23.7. The van der Waals surface area contributed by atoms with Gasteiger partial charge in [0.25, 0.3) is 0 Å². The van der Waals surface area contributed by atoms with Crippen LogP contribution in [0.15, 0.2) is 48.7 Å². The number of nitrogens with one attached hydrogen (secondary N) is 1. The van der Waals surface area contributed by atoms with E-state index in [1.807, 2.05) is 17.2 Å². The number of fused-ring (bicyclic) bond motifs is 2. The van der Waals surface area contributed by atoms with Gasteiger partial charge < -0.3 is 9.64 Å². The smallest absolute Gasteiger partial charge is 0.341 e. The highest BCUT2D eigenvalue weighted by Crippen LogP contribution is 2.41. The minimum Gasteiger partial charge on any atom is -0.487 e. The first-order chi connectivity index (χ1) is 16.4. The second-order valence-electron chi connectivity index (χ2n) is 10.0. The topological polar surface area (TPSA) is 63.7 Å². The van der Waals surface area contributed by atoms with Crippen molar-refractivity contribution in [1.82, 2.24) is 15.4 Å². The molecule has 3 aromatic rings. The fourth-order valence-corrected chi connectivity index (χ4v) is 5.10. The number of amides is 2. The zero-order valence-corrected chi connectivity index (χ0v) is 20.3. The number of rotatable bonds is 4. The van der Waals surface area contributed by atoms with Crippen LogP contribution in [0.2, 0.25) is 0 Å². The van der Waals surface area contributed by atoms with Gasteiger partial charge in [-0.2, -0.15) is 0 Å². The first kappa shape index (κ1) is 22.7. The standard InChI is InChI=1S/C28H33N3O3/c1-19(2)18-33-30-27(32)31-15-12-28(13-16-31)11-10-23-17-22(7-9-25(23)34-28)24-8-6-21-5-4-14-29-26(21)20(24)3/h4-9,14,17,19H,10-13,15-16,18H2,1-3H3,(H,30,32). The van der Waals surface area contributed by atoms with Crippen molar-refractivity contribution in [2.45, 2.75) is 52.1 Å². The van der Waals surface area contributed by atoms with Crippen molar-refractivity contribution in [3.63, 3.8) is 0 Å². The molecule has 2 aliphatic rings. The number of carbonyl (C=O) groups is 1. The predicted octanol–water partition coefficient (Wildman–Crippen LogP) is 5.67. The lowest BCUT2D eigenvalue weighted by atomic mass is 9.82. The molecule has 2 amide bonds. The maximum atomic E-state index is 12.4. The summed E-state index contributed by atoms with van der Waals surface area (Å²) in [5.74, 6) is 1.35. The van der Waals surface area contributed by atoms with E-state index in [0.717, 1.165) is 36.9 Å². The average Bonchev–Trinajstić information content (AvgIpc) is 2.84. The van der Waals surface area contributed by atoms with Gasteiger partial charge in [-0.3, -0.25) is 9.82 Å². The van der Waals surface area contributed by atoms with E-state index in [0.29, 0.717) is 25.6 Å². The van der Waals surface area contributed by atoms with Gasteiger partial charge in [0, 0.05) is 37.5 Å². The van der Waals surface area contributed by atoms with Crippen molar-refractivity contribution in [3.8, 4) is 16.9 Å². The van der Waals surface area contributed by atoms with Crippen molar-refractivity contribution in [1.29, 1.82) is 0 Å². The number of hydroxylamine groups is 1. The van der Waals surface area contributed by atoms with Gasteiger partial charge in [0.15, 0.2) is 0 Å². The Morgan fingerprint density at radius 2 is 2.00 bits per heavy atom. The Balaban J connectivity index is 1.26. The summed E-state index contributed by atoms with van der Waals surface area (Å²) in [5, 5.41) is 1.17. The van der Waals surface area contributed by atoms with Crippen LogP contribution in [0.5, 0.6) is 5.75 Å². The molecule has 1 spiro atoms. The first-order valence-electron chi connectivity index (χ1n) is 12.3. The van der Waals surface area contributed by atoms with E-state index in [1.165, 1.54) is 27.6 Å². The van der Waals surface area contributed by atoms with Crippen molar-refractivity contribution >= 4 is 16.9 Å². The van der Waals surface area contributed by atoms with Crippen molar-refractivity contribution in [3.05, 3.63) is 59.8 Å². The Bertz CT molecular complexity index is 1200. The number of piperidine rings is 1. The van der Waals surface area contributed by atoms with Crippen LogP contribution in [-0.4, -0.2) is 41.2 Å². The van der Waals surface area contributed by atoms with E-state index in [9.17, 15) is 4.79 Å². The van der Waals surface area contributed by atoms with Crippen LogP contribution in [0, 0.1) is 12.8 Å². The highest BCUT2D eigenvalue weighted by atomic mass is 16.7. The van der Waals surface area contributed by atoms with Crippen LogP contribution in [0.1, 0.15) is 44.2 Å². The van der Waals surface area contributed by atoms with E-state index in [2.05, 4.69) is 67.6 Å². The second kappa shape index (κ2) is 9.26. The Labute approximate surface area is 201 Å². The number of aromatic nitrogens is 1. The Morgan fingerprint density at radius 3 is 2.79 bits per heavy atom. The third kappa shape index (κ3) is 4.47. The fourth-order valence-electron chi connectivity index (χ4n) is 5.10. The number of likely N-dealkylation sites (tertiary alicyclic amines) is 1. The molecule has 1 fully saturated rings. The molecule has 0 atom stereocenters. The maximum absolute atomic E-state index is 12.4. The van der Waals surface area contributed by atoms with E-state index in [4.69, 9.17) is 9.57 Å². The number of nitrogens with zero attached hydrogens (tertiary/aromatic N) is 2. The fraction of sp³-hybridized carbons (Fsp3) is 0.429. The number of aryl methyl sites for hydroxylation is 2. The molecule has 0 aliphatic carbocycles. The number of ether oxygens (including phenoxy) is 1. The SMILES string of the molecule is Cc1c(-c2ccc3c(c2)CCC2(CCN(C(=O)NOCC(C)C)CC2)O3)ccc2cccnc12. The summed E-state index contributed by atoms with van der Waals surface area (Å²) in [6.07, 6.45) is 5.48. The minimum atomic E-state index is -0.188. The van der Waals surface area contributed by atoms with Crippen molar-refractivity contribution < 1.29 is 14.4 Å². The van der Waals surface area contributed by atoms with E-state index >= 15 is 0 Å². The molecule has 2 aromatic carbocycles. The largest absolute Gasteiger partial charge is 0.487 e. The second-order valence-corrected chi connectivity index (χ2v) is 10.0. The molecule has 1 aromatic heterocycles. The van der Waals surface area contributed by atoms with Gasteiger partial charge in [0.05, 0.1) is 12.1 Å². The molecule has 0 unspecified atom stereocenters. The average molecular weight is 460 g/mol. The predicted molar refractivity (Wildman–Crippen MR) is 134 cm³/mol. The van der Waals surface area contributed by atoms with Gasteiger partial charge in [-0.15, -0.1) is 0 Å². The van der Waals surface area contributed by atoms with E-state index in [1.54, 1.807) is 0 Å². The normalized spacial score (nSPS) is 17.0. The molecule has 6 nitrogen and oxygen atoms in total. The van der Waals surface area contributed by atoms with Crippen LogP contribution < -0.4 is 10.2 Å². The molecule has 178 valence electrons. The maximum Gasteiger partial charge on any atom is 0.341 e. The lowest BCUT2D eigenvalue weighted by Crippen LogP contribution is -2.53. The summed E-state index contributed by atoms with van der Waals surface area (Å²) in [6, 6.07) is 14.8. The Kier molecular flexibility index (Phi) is 6.17. The zero-order valence-electron chi connectivity index (χ0n) is 20.3. The van der Waals surface area contributed by atoms with E-state index in [-0.39, 0.29) is 11.6 Å². The number of pyridine rings is 1. The summed E-state index contributed by atoms with van der Waals surface area (Å²) < 4.78 is 6.59. The molecule has 0 bridgehead atoms. The summed E-state index contributed by atoms with van der Waals surface area (Å²) >= 11 is 0. The molecule has 5 rings (SSSR count). The summed E-state index contributed by atoms with van der Waals surface area (Å²) in [7, 11) is 0. The Morgan fingerprint density at radius 1 is 1.18 bits per heavy atom. The van der Waals surface area contributed by atoms with Crippen LogP contribution in [-0.2, 0) is 11.3 Å². The number of hydrogen-bond donors (Lipinski definition) is 1. The van der Waals surface area contributed by atoms with E-state index < -0.39 is 0 Å². The lowest BCUT2D eigenvalue weighted by molar-refractivity contribution is -0.0158. The third-order valence-corrected chi connectivity index (χ3v) is 7.11. The monoisotopic (exact) mass is 459 g/mol.